The lowest BCUT2D eigenvalue weighted by Crippen LogP contribution is -2.47. The molecule has 1 fully saturated rings. The molecule has 6 heteroatoms. The lowest BCUT2D eigenvalue weighted by atomic mass is 10.1. The number of hydrogen-bond acceptors (Lipinski definition) is 3. The molecule has 5 nitrogen and oxygen atoms in total. The van der Waals surface area contributed by atoms with E-state index in [1.54, 1.807) is 6.07 Å². The van der Waals surface area contributed by atoms with E-state index in [-0.39, 0.29) is 5.82 Å². The van der Waals surface area contributed by atoms with Crippen molar-refractivity contribution in [2.45, 2.75) is 19.5 Å². The van der Waals surface area contributed by atoms with Crippen LogP contribution in [-0.2, 0) is 6.54 Å². The molecular formula is C15H16FN5. The molecule has 1 aliphatic rings. The number of imidazole rings is 1. The summed E-state index contributed by atoms with van der Waals surface area (Å²) in [6, 6.07) is 5.41. The van der Waals surface area contributed by atoms with Crippen molar-refractivity contribution in [1.82, 2.24) is 24.6 Å². The van der Waals surface area contributed by atoms with Crippen LogP contribution in [0.4, 0.5) is 4.39 Å². The summed E-state index contributed by atoms with van der Waals surface area (Å²) in [6.45, 7) is 4.65. The number of hydrogen-bond donors (Lipinski definition) is 1. The minimum atomic E-state index is -0.275. The fourth-order valence-electron chi connectivity index (χ4n) is 2.81. The maximum absolute atomic E-state index is 13.6. The first-order valence-corrected chi connectivity index (χ1v) is 7.05. The SMILES string of the molecule is Cc1cnn(C2CN(Cc3nc4c(F)cccc4[nH]3)C2)c1. The summed E-state index contributed by atoms with van der Waals surface area (Å²) >= 11 is 0. The monoisotopic (exact) mass is 285 g/mol. The summed E-state index contributed by atoms with van der Waals surface area (Å²) < 4.78 is 15.6. The Bertz CT molecular complexity index is 784. The van der Waals surface area contributed by atoms with E-state index in [0.717, 1.165) is 24.4 Å². The Morgan fingerprint density at radius 2 is 2.24 bits per heavy atom. The number of likely N-dealkylation sites (tertiary alicyclic amines) is 1. The molecule has 3 aromatic rings. The van der Waals surface area contributed by atoms with Crippen molar-refractivity contribution in [2.24, 2.45) is 0 Å². The predicted octanol–water partition coefficient (Wildman–Crippen LogP) is 2.26. The molecule has 1 aromatic carbocycles. The van der Waals surface area contributed by atoms with Gasteiger partial charge in [-0.1, -0.05) is 6.07 Å². The van der Waals surface area contributed by atoms with E-state index in [2.05, 4.69) is 26.2 Å². The normalized spacial score (nSPS) is 16.5. The van der Waals surface area contributed by atoms with E-state index in [4.69, 9.17) is 0 Å². The Hall–Kier alpha value is -2.21. The van der Waals surface area contributed by atoms with E-state index >= 15 is 0 Å². The molecule has 21 heavy (non-hydrogen) atoms. The maximum atomic E-state index is 13.6. The van der Waals surface area contributed by atoms with Crippen LogP contribution in [0.2, 0.25) is 0 Å². The Kier molecular flexibility index (Phi) is 2.78. The fraction of sp³-hybridized carbons (Fsp3) is 0.333. The number of rotatable bonds is 3. The van der Waals surface area contributed by atoms with Crippen LogP contribution in [0.3, 0.4) is 0 Å². The fourth-order valence-corrected chi connectivity index (χ4v) is 2.81. The van der Waals surface area contributed by atoms with Gasteiger partial charge in [0.05, 0.1) is 24.3 Å². The summed E-state index contributed by atoms with van der Waals surface area (Å²) in [5.41, 5.74) is 2.36. The molecule has 0 atom stereocenters. The number of para-hydroxylation sites is 1. The number of H-pyrrole nitrogens is 1. The summed E-state index contributed by atoms with van der Waals surface area (Å²) in [7, 11) is 0. The molecule has 0 bridgehead atoms. The van der Waals surface area contributed by atoms with Gasteiger partial charge in [-0.15, -0.1) is 0 Å². The second kappa shape index (κ2) is 4.66. The largest absolute Gasteiger partial charge is 0.341 e. The highest BCUT2D eigenvalue weighted by Crippen LogP contribution is 2.23. The molecule has 4 rings (SSSR count). The number of nitrogens with zero attached hydrogens (tertiary/aromatic N) is 4. The van der Waals surface area contributed by atoms with Crippen LogP contribution in [0.25, 0.3) is 11.0 Å². The van der Waals surface area contributed by atoms with Gasteiger partial charge in [0.25, 0.3) is 0 Å². The second-order valence-electron chi connectivity index (χ2n) is 5.67. The third-order valence-corrected chi connectivity index (χ3v) is 3.93. The van der Waals surface area contributed by atoms with Gasteiger partial charge in [0.15, 0.2) is 5.82 Å². The van der Waals surface area contributed by atoms with Crippen LogP contribution in [0, 0.1) is 12.7 Å². The second-order valence-corrected chi connectivity index (χ2v) is 5.67. The topological polar surface area (TPSA) is 49.7 Å². The Morgan fingerprint density at radius 1 is 1.38 bits per heavy atom. The molecular weight excluding hydrogens is 269 g/mol. The molecule has 0 unspecified atom stereocenters. The molecule has 0 spiro atoms. The zero-order valence-corrected chi connectivity index (χ0v) is 11.8. The van der Waals surface area contributed by atoms with Gasteiger partial charge in [-0.25, -0.2) is 9.37 Å². The highest BCUT2D eigenvalue weighted by molar-refractivity contribution is 5.75. The molecule has 1 saturated heterocycles. The first-order chi connectivity index (χ1) is 10.2. The Balaban J connectivity index is 1.44. The van der Waals surface area contributed by atoms with Crippen molar-refractivity contribution < 1.29 is 4.39 Å². The van der Waals surface area contributed by atoms with Gasteiger partial charge in [0.1, 0.15) is 11.3 Å². The first-order valence-electron chi connectivity index (χ1n) is 7.05. The lowest BCUT2D eigenvalue weighted by Gasteiger charge is -2.38. The van der Waals surface area contributed by atoms with Gasteiger partial charge in [-0.3, -0.25) is 9.58 Å². The van der Waals surface area contributed by atoms with Gasteiger partial charge in [-0.05, 0) is 24.6 Å². The van der Waals surface area contributed by atoms with Crippen LogP contribution >= 0.6 is 0 Å². The number of fused-ring (bicyclic) bond motifs is 1. The highest BCUT2D eigenvalue weighted by Gasteiger charge is 2.29. The van der Waals surface area contributed by atoms with Gasteiger partial charge >= 0.3 is 0 Å². The minimum Gasteiger partial charge on any atom is -0.341 e. The predicted molar refractivity (Wildman–Crippen MR) is 77.3 cm³/mol. The lowest BCUT2D eigenvalue weighted by molar-refractivity contribution is 0.0884. The molecule has 0 amide bonds. The van der Waals surface area contributed by atoms with E-state index < -0.39 is 0 Å². The molecule has 108 valence electrons. The molecule has 0 radical (unpaired) electrons. The van der Waals surface area contributed by atoms with Crippen LogP contribution in [-0.4, -0.2) is 37.7 Å². The third kappa shape index (κ3) is 2.21. The molecule has 0 aliphatic carbocycles. The van der Waals surface area contributed by atoms with Gasteiger partial charge in [0, 0.05) is 19.3 Å². The summed E-state index contributed by atoms with van der Waals surface area (Å²) in [6.07, 6.45) is 3.95. The van der Waals surface area contributed by atoms with Gasteiger partial charge in [0.2, 0.25) is 0 Å². The number of nitrogens with one attached hydrogen (secondary N) is 1. The van der Waals surface area contributed by atoms with Gasteiger partial charge < -0.3 is 4.98 Å². The van der Waals surface area contributed by atoms with E-state index in [0.29, 0.717) is 18.1 Å². The highest BCUT2D eigenvalue weighted by atomic mass is 19.1. The van der Waals surface area contributed by atoms with E-state index in [9.17, 15) is 4.39 Å². The Labute approximate surface area is 121 Å². The molecule has 3 heterocycles. The number of halogens is 1. The van der Waals surface area contributed by atoms with Crippen LogP contribution in [0.15, 0.2) is 30.6 Å². The quantitative estimate of drug-likeness (QED) is 0.803. The smallest absolute Gasteiger partial charge is 0.151 e. The number of aromatic amines is 1. The zero-order valence-electron chi connectivity index (χ0n) is 11.8. The van der Waals surface area contributed by atoms with Gasteiger partial charge in [-0.2, -0.15) is 5.10 Å². The summed E-state index contributed by atoms with van der Waals surface area (Å²) in [5.74, 6) is 0.536. The van der Waals surface area contributed by atoms with Crippen molar-refractivity contribution in [2.75, 3.05) is 13.1 Å². The van der Waals surface area contributed by atoms with Crippen molar-refractivity contribution >= 4 is 11.0 Å². The average Bonchev–Trinajstić information content (AvgIpc) is 3.00. The average molecular weight is 285 g/mol. The summed E-state index contributed by atoms with van der Waals surface area (Å²) in [4.78, 5) is 9.80. The maximum Gasteiger partial charge on any atom is 0.151 e. The number of benzene rings is 1. The van der Waals surface area contributed by atoms with E-state index in [1.807, 2.05) is 23.9 Å². The standard InChI is InChI=1S/C15H16FN5/c1-10-5-17-21(6-10)11-7-20(8-11)9-14-18-13-4-2-3-12(16)15(13)19-14/h2-6,11H,7-9H2,1H3,(H,18,19). The van der Waals surface area contributed by atoms with Crippen molar-refractivity contribution in [3.8, 4) is 0 Å². The third-order valence-electron chi connectivity index (χ3n) is 3.93. The Morgan fingerprint density at radius 3 is 2.95 bits per heavy atom. The zero-order chi connectivity index (χ0) is 14.4. The van der Waals surface area contributed by atoms with E-state index in [1.165, 1.54) is 11.6 Å². The van der Waals surface area contributed by atoms with Crippen LogP contribution in [0.1, 0.15) is 17.4 Å². The van der Waals surface area contributed by atoms with Crippen LogP contribution < -0.4 is 0 Å². The summed E-state index contributed by atoms with van der Waals surface area (Å²) in [5, 5.41) is 4.34. The van der Waals surface area contributed by atoms with Crippen molar-refractivity contribution in [3.05, 3.63) is 47.8 Å². The first kappa shape index (κ1) is 12.5. The molecule has 1 aliphatic heterocycles. The van der Waals surface area contributed by atoms with Crippen molar-refractivity contribution in [3.63, 3.8) is 0 Å². The number of aromatic nitrogens is 4. The minimum absolute atomic E-state index is 0.275. The molecule has 2 aromatic heterocycles. The van der Waals surface area contributed by atoms with Crippen LogP contribution in [0.5, 0.6) is 0 Å². The molecule has 1 N–H and O–H groups in total. The van der Waals surface area contributed by atoms with Crippen molar-refractivity contribution in [1.29, 1.82) is 0 Å². The molecule has 0 saturated carbocycles. The number of aryl methyl sites for hydroxylation is 1.